The SMILES string of the molecule is CC1CCC(NC(=O)c2cc3cc(F)ccc3s2)C1. The fourth-order valence-corrected chi connectivity index (χ4v) is 3.67. The minimum absolute atomic E-state index is 0.0271. The van der Waals surface area contributed by atoms with E-state index in [1.165, 1.54) is 29.9 Å². The van der Waals surface area contributed by atoms with Crippen LogP contribution in [0.15, 0.2) is 24.3 Å². The predicted molar refractivity (Wildman–Crippen MR) is 76.1 cm³/mol. The van der Waals surface area contributed by atoms with E-state index in [0.29, 0.717) is 16.8 Å². The summed E-state index contributed by atoms with van der Waals surface area (Å²) < 4.78 is 14.1. The molecule has 1 aliphatic carbocycles. The van der Waals surface area contributed by atoms with Crippen LogP contribution in [0.2, 0.25) is 0 Å². The van der Waals surface area contributed by atoms with Gasteiger partial charge in [0.15, 0.2) is 0 Å². The van der Waals surface area contributed by atoms with Crippen molar-refractivity contribution in [1.29, 1.82) is 0 Å². The number of amides is 1. The number of hydrogen-bond acceptors (Lipinski definition) is 2. The molecule has 1 aromatic carbocycles. The second-order valence-corrected chi connectivity index (χ2v) is 6.47. The van der Waals surface area contributed by atoms with Gasteiger partial charge in [0.05, 0.1) is 4.88 Å². The summed E-state index contributed by atoms with van der Waals surface area (Å²) >= 11 is 1.42. The van der Waals surface area contributed by atoms with Crippen molar-refractivity contribution in [3.63, 3.8) is 0 Å². The molecule has 0 spiro atoms. The number of nitrogens with one attached hydrogen (secondary N) is 1. The van der Waals surface area contributed by atoms with Gasteiger partial charge in [-0.05, 0) is 54.8 Å². The number of thiophene rings is 1. The largest absolute Gasteiger partial charge is 0.349 e. The van der Waals surface area contributed by atoms with Crippen molar-refractivity contribution >= 4 is 27.3 Å². The van der Waals surface area contributed by atoms with Gasteiger partial charge < -0.3 is 5.32 Å². The van der Waals surface area contributed by atoms with E-state index in [1.54, 1.807) is 12.1 Å². The van der Waals surface area contributed by atoms with E-state index < -0.39 is 0 Å². The molecule has 1 fully saturated rings. The highest BCUT2D eigenvalue weighted by Gasteiger charge is 2.23. The number of carbonyl (C=O) groups is 1. The summed E-state index contributed by atoms with van der Waals surface area (Å²) in [5, 5.41) is 3.88. The Bertz CT molecular complexity index is 622. The lowest BCUT2D eigenvalue weighted by Gasteiger charge is -2.11. The quantitative estimate of drug-likeness (QED) is 0.884. The highest BCUT2D eigenvalue weighted by Crippen LogP contribution is 2.28. The van der Waals surface area contributed by atoms with Crippen LogP contribution in [0.1, 0.15) is 35.9 Å². The average Bonchev–Trinajstić information content (AvgIpc) is 2.95. The van der Waals surface area contributed by atoms with Gasteiger partial charge in [-0.1, -0.05) is 6.92 Å². The smallest absolute Gasteiger partial charge is 0.261 e. The first kappa shape index (κ1) is 12.6. The van der Waals surface area contributed by atoms with Gasteiger partial charge in [0, 0.05) is 10.7 Å². The summed E-state index contributed by atoms with van der Waals surface area (Å²) in [4.78, 5) is 12.8. The highest BCUT2D eigenvalue weighted by atomic mass is 32.1. The highest BCUT2D eigenvalue weighted by molar-refractivity contribution is 7.20. The van der Waals surface area contributed by atoms with Crippen LogP contribution in [-0.4, -0.2) is 11.9 Å². The van der Waals surface area contributed by atoms with E-state index >= 15 is 0 Å². The Balaban J connectivity index is 1.78. The maximum atomic E-state index is 13.1. The molecule has 4 heteroatoms. The summed E-state index contributed by atoms with van der Waals surface area (Å²) in [6.07, 6.45) is 3.31. The normalized spacial score (nSPS) is 22.8. The number of halogens is 1. The Kier molecular flexibility index (Phi) is 3.27. The molecule has 100 valence electrons. The molecular weight excluding hydrogens is 261 g/mol. The minimum atomic E-state index is -0.262. The lowest BCUT2D eigenvalue weighted by Crippen LogP contribution is -2.32. The maximum absolute atomic E-state index is 13.1. The van der Waals surface area contributed by atoms with Crippen molar-refractivity contribution in [3.8, 4) is 0 Å². The summed E-state index contributed by atoms with van der Waals surface area (Å²) in [7, 11) is 0. The molecule has 1 saturated carbocycles. The van der Waals surface area contributed by atoms with Gasteiger partial charge in [0.25, 0.3) is 5.91 Å². The van der Waals surface area contributed by atoms with Crippen molar-refractivity contribution in [3.05, 3.63) is 35.0 Å². The van der Waals surface area contributed by atoms with Gasteiger partial charge in [-0.3, -0.25) is 4.79 Å². The summed E-state index contributed by atoms with van der Waals surface area (Å²) in [6, 6.07) is 6.70. The molecule has 1 heterocycles. The molecule has 0 radical (unpaired) electrons. The molecule has 0 bridgehead atoms. The Hall–Kier alpha value is -1.42. The summed E-state index contributed by atoms with van der Waals surface area (Å²) in [5.41, 5.74) is 0. The summed E-state index contributed by atoms with van der Waals surface area (Å²) in [6.45, 7) is 2.22. The first-order chi connectivity index (χ1) is 9.11. The number of carbonyl (C=O) groups excluding carboxylic acids is 1. The van der Waals surface area contributed by atoms with E-state index in [2.05, 4.69) is 12.2 Å². The van der Waals surface area contributed by atoms with Gasteiger partial charge in [-0.2, -0.15) is 0 Å². The topological polar surface area (TPSA) is 29.1 Å². The average molecular weight is 277 g/mol. The zero-order valence-corrected chi connectivity index (χ0v) is 11.6. The molecule has 1 amide bonds. The molecule has 3 rings (SSSR count). The fourth-order valence-electron chi connectivity index (χ4n) is 2.72. The lowest BCUT2D eigenvalue weighted by molar-refractivity contribution is 0.0941. The van der Waals surface area contributed by atoms with Crippen molar-refractivity contribution in [2.24, 2.45) is 5.92 Å². The third kappa shape index (κ3) is 2.63. The zero-order valence-electron chi connectivity index (χ0n) is 10.8. The molecular formula is C15H16FNOS. The number of benzene rings is 1. The molecule has 0 aliphatic heterocycles. The molecule has 2 unspecified atom stereocenters. The first-order valence-corrected chi connectivity index (χ1v) is 7.43. The van der Waals surface area contributed by atoms with Crippen molar-refractivity contribution in [2.75, 3.05) is 0 Å². The van der Waals surface area contributed by atoms with Crippen LogP contribution in [0.5, 0.6) is 0 Å². The zero-order chi connectivity index (χ0) is 13.4. The van der Waals surface area contributed by atoms with Gasteiger partial charge in [0.1, 0.15) is 5.82 Å². The molecule has 1 N–H and O–H groups in total. The second-order valence-electron chi connectivity index (χ2n) is 5.38. The molecule has 1 aliphatic rings. The van der Waals surface area contributed by atoms with Crippen LogP contribution in [0.3, 0.4) is 0 Å². The van der Waals surface area contributed by atoms with Crippen LogP contribution >= 0.6 is 11.3 Å². The Morgan fingerprint density at radius 2 is 2.21 bits per heavy atom. The number of hydrogen-bond donors (Lipinski definition) is 1. The fraction of sp³-hybridized carbons (Fsp3) is 0.400. The third-order valence-electron chi connectivity index (χ3n) is 3.73. The summed E-state index contributed by atoms with van der Waals surface area (Å²) in [5.74, 6) is 0.407. The first-order valence-electron chi connectivity index (χ1n) is 6.62. The second kappa shape index (κ2) is 4.93. The maximum Gasteiger partial charge on any atom is 0.261 e. The van der Waals surface area contributed by atoms with Crippen LogP contribution in [-0.2, 0) is 0 Å². The van der Waals surface area contributed by atoms with E-state index in [0.717, 1.165) is 22.9 Å². The van der Waals surface area contributed by atoms with E-state index in [4.69, 9.17) is 0 Å². The molecule has 2 nitrogen and oxygen atoms in total. The Morgan fingerprint density at radius 1 is 1.37 bits per heavy atom. The van der Waals surface area contributed by atoms with Gasteiger partial charge in [-0.15, -0.1) is 11.3 Å². The standard InChI is InChI=1S/C15H16FNOS/c1-9-2-4-12(6-9)17-15(18)14-8-10-7-11(16)3-5-13(10)19-14/h3,5,7-9,12H,2,4,6H2,1H3,(H,17,18). The minimum Gasteiger partial charge on any atom is -0.349 e. The van der Waals surface area contributed by atoms with E-state index in [1.807, 2.05) is 0 Å². The van der Waals surface area contributed by atoms with Gasteiger partial charge in [-0.25, -0.2) is 4.39 Å². The van der Waals surface area contributed by atoms with E-state index in [9.17, 15) is 9.18 Å². The molecule has 19 heavy (non-hydrogen) atoms. The third-order valence-corrected chi connectivity index (χ3v) is 4.85. The van der Waals surface area contributed by atoms with E-state index in [-0.39, 0.29) is 11.7 Å². The van der Waals surface area contributed by atoms with Crippen LogP contribution < -0.4 is 5.32 Å². The van der Waals surface area contributed by atoms with Crippen LogP contribution in [0.4, 0.5) is 4.39 Å². The Labute approximate surface area is 115 Å². The van der Waals surface area contributed by atoms with Gasteiger partial charge >= 0.3 is 0 Å². The number of rotatable bonds is 2. The molecule has 2 aromatic rings. The monoisotopic (exact) mass is 277 g/mol. The lowest BCUT2D eigenvalue weighted by atomic mass is 10.1. The van der Waals surface area contributed by atoms with Crippen LogP contribution in [0, 0.1) is 11.7 Å². The van der Waals surface area contributed by atoms with Gasteiger partial charge in [0.2, 0.25) is 0 Å². The van der Waals surface area contributed by atoms with Crippen molar-refractivity contribution in [2.45, 2.75) is 32.2 Å². The molecule has 1 aromatic heterocycles. The predicted octanol–water partition coefficient (Wildman–Crippen LogP) is 3.96. The van der Waals surface area contributed by atoms with Crippen molar-refractivity contribution < 1.29 is 9.18 Å². The molecule has 2 atom stereocenters. The molecule has 0 saturated heterocycles. The Morgan fingerprint density at radius 3 is 2.95 bits per heavy atom. The number of fused-ring (bicyclic) bond motifs is 1. The van der Waals surface area contributed by atoms with Crippen LogP contribution in [0.25, 0.3) is 10.1 Å². The van der Waals surface area contributed by atoms with Crippen molar-refractivity contribution in [1.82, 2.24) is 5.32 Å².